The van der Waals surface area contributed by atoms with Gasteiger partial charge in [-0.15, -0.1) is 11.8 Å². The van der Waals surface area contributed by atoms with Crippen molar-refractivity contribution in [2.75, 3.05) is 12.4 Å². The van der Waals surface area contributed by atoms with Crippen molar-refractivity contribution in [2.45, 2.75) is 30.9 Å². The summed E-state index contributed by atoms with van der Waals surface area (Å²) in [7, 11) is 1.56. The summed E-state index contributed by atoms with van der Waals surface area (Å²) >= 11 is 7.51. The lowest BCUT2D eigenvalue weighted by Crippen LogP contribution is -2.22. The Kier molecular flexibility index (Phi) is 5.97. The second kappa shape index (κ2) is 7.75. The smallest absolute Gasteiger partial charge is 0.237 e. The van der Waals surface area contributed by atoms with Crippen LogP contribution in [0.4, 0.5) is 5.69 Å². The molecule has 0 spiro atoms. The predicted octanol–water partition coefficient (Wildman–Crippen LogP) is 5.08. The first-order valence-electron chi connectivity index (χ1n) is 7.29. The highest BCUT2D eigenvalue weighted by atomic mass is 35.5. The van der Waals surface area contributed by atoms with E-state index in [1.54, 1.807) is 25.3 Å². The van der Waals surface area contributed by atoms with E-state index in [0.717, 1.165) is 4.90 Å². The summed E-state index contributed by atoms with van der Waals surface area (Å²) in [4.78, 5) is 13.5. The normalized spacial score (nSPS) is 11.9. The van der Waals surface area contributed by atoms with E-state index >= 15 is 0 Å². The molecule has 1 amide bonds. The minimum Gasteiger partial charge on any atom is -0.495 e. The minimum absolute atomic E-state index is 0.0891. The molecule has 0 aliphatic rings. The van der Waals surface area contributed by atoms with E-state index in [9.17, 15) is 4.79 Å². The maximum Gasteiger partial charge on any atom is 0.237 e. The summed E-state index contributed by atoms with van der Waals surface area (Å²) in [6, 6.07) is 11.4. The molecular weight excluding hydrogens is 330 g/mol. The summed E-state index contributed by atoms with van der Waals surface area (Å²) in [5.41, 5.74) is 3.05. The number of benzene rings is 2. The molecule has 0 bridgehead atoms. The molecule has 1 unspecified atom stereocenters. The molecule has 0 aromatic heterocycles. The van der Waals surface area contributed by atoms with Crippen LogP contribution in [0.25, 0.3) is 0 Å². The average molecular weight is 350 g/mol. The van der Waals surface area contributed by atoms with E-state index in [2.05, 4.69) is 31.3 Å². The molecule has 2 aromatic carbocycles. The molecule has 5 heteroatoms. The topological polar surface area (TPSA) is 38.3 Å². The Labute approximate surface area is 146 Å². The maximum atomic E-state index is 12.4. The predicted molar refractivity (Wildman–Crippen MR) is 97.9 cm³/mol. The van der Waals surface area contributed by atoms with Gasteiger partial charge in [-0.3, -0.25) is 4.79 Å². The van der Waals surface area contributed by atoms with Crippen LogP contribution >= 0.6 is 23.4 Å². The Morgan fingerprint density at radius 1 is 1.17 bits per heavy atom. The molecule has 0 aliphatic carbocycles. The first-order valence-corrected chi connectivity index (χ1v) is 8.55. The molecule has 23 heavy (non-hydrogen) atoms. The van der Waals surface area contributed by atoms with Gasteiger partial charge in [0, 0.05) is 9.92 Å². The molecule has 1 N–H and O–H groups in total. The molecule has 0 saturated carbocycles. The third-order valence-electron chi connectivity index (χ3n) is 3.58. The SMILES string of the molecule is COc1ccc(Cl)cc1NC(=O)C(C)Sc1ccc(C)c(C)c1. The minimum atomic E-state index is -0.235. The molecule has 2 rings (SSSR count). The molecule has 0 heterocycles. The van der Waals surface area contributed by atoms with Gasteiger partial charge in [0.2, 0.25) is 5.91 Å². The number of hydrogen-bond acceptors (Lipinski definition) is 3. The number of amides is 1. The standard InChI is InChI=1S/C18H20ClNO2S/c1-11-5-7-15(9-12(11)2)23-13(3)18(21)20-16-10-14(19)6-8-17(16)22-4/h5-10,13H,1-4H3,(H,20,21). The van der Waals surface area contributed by atoms with Crippen LogP contribution in [0.15, 0.2) is 41.3 Å². The van der Waals surface area contributed by atoms with Crippen LogP contribution in [0.3, 0.4) is 0 Å². The zero-order valence-corrected chi connectivity index (χ0v) is 15.2. The van der Waals surface area contributed by atoms with Crippen LogP contribution in [-0.4, -0.2) is 18.3 Å². The number of hydrogen-bond donors (Lipinski definition) is 1. The number of aryl methyl sites for hydroxylation is 2. The number of carbonyl (C=O) groups excluding carboxylic acids is 1. The van der Waals surface area contributed by atoms with Crippen molar-refractivity contribution in [3.8, 4) is 5.75 Å². The Balaban J connectivity index is 2.08. The van der Waals surface area contributed by atoms with Gasteiger partial charge in [-0.1, -0.05) is 17.7 Å². The fourth-order valence-electron chi connectivity index (χ4n) is 2.06. The summed E-state index contributed by atoms with van der Waals surface area (Å²) in [6.07, 6.45) is 0. The first kappa shape index (κ1) is 17.7. The van der Waals surface area contributed by atoms with Crippen molar-refractivity contribution in [3.05, 3.63) is 52.5 Å². The molecule has 1 atom stereocenters. The van der Waals surface area contributed by atoms with E-state index in [1.165, 1.54) is 22.9 Å². The van der Waals surface area contributed by atoms with Gasteiger partial charge in [0.15, 0.2) is 0 Å². The zero-order valence-electron chi connectivity index (χ0n) is 13.6. The van der Waals surface area contributed by atoms with Crippen molar-refractivity contribution in [2.24, 2.45) is 0 Å². The molecule has 0 aliphatic heterocycles. The van der Waals surface area contributed by atoms with Crippen molar-refractivity contribution in [1.82, 2.24) is 0 Å². The second-order valence-electron chi connectivity index (χ2n) is 5.34. The lowest BCUT2D eigenvalue weighted by molar-refractivity contribution is -0.115. The molecule has 0 fully saturated rings. The number of thioether (sulfide) groups is 1. The molecule has 122 valence electrons. The average Bonchev–Trinajstić information content (AvgIpc) is 2.51. The van der Waals surface area contributed by atoms with Crippen molar-refractivity contribution < 1.29 is 9.53 Å². The molecule has 2 aromatic rings. The number of methoxy groups -OCH3 is 1. The van der Waals surface area contributed by atoms with E-state index < -0.39 is 0 Å². The first-order chi connectivity index (χ1) is 10.9. The fraction of sp³-hybridized carbons (Fsp3) is 0.278. The number of rotatable bonds is 5. The van der Waals surface area contributed by atoms with Gasteiger partial charge in [0.25, 0.3) is 0 Å². The van der Waals surface area contributed by atoms with Crippen LogP contribution in [0.2, 0.25) is 5.02 Å². The number of ether oxygens (including phenoxy) is 1. The summed E-state index contributed by atoms with van der Waals surface area (Å²) in [5.74, 6) is 0.500. The number of anilines is 1. The molecular formula is C18H20ClNO2S. The Morgan fingerprint density at radius 3 is 2.57 bits per heavy atom. The van der Waals surface area contributed by atoms with E-state index in [1.807, 2.05) is 13.0 Å². The van der Waals surface area contributed by atoms with Gasteiger partial charge >= 0.3 is 0 Å². The Hall–Kier alpha value is -1.65. The third kappa shape index (κ3) is 4.66. The van der Waals surface area contributed by atoms with Gasteiger partial charge in [0.1, 0.15) is 5.75 Å². The van der Waals surface area contributed by atoms with Crippen molar-refractivity contribution in [1.29, 1.82) is 0 Å². The van der Waals surface area contributed by atoms with E-state index in [4.69, 9.17) is 16.3 Å². The Morgan fingerprint density at radius 2 is 1.91 bits per heavy atom. The highest BCUT2D eigenvalue weighted by Gasteiger charge is 2.17. The highest BCUT2D eigenvalue weighted by molar-refractivity contribution is 8.00. The quantitative estimate of drug-likeness (QED) is 0.764. The van der Waals surface area contributed by atoms with Crippen LogP contribution in [0.5, 0.6) is 5.75 Å². The monoisotopic (exact) mass is 349 g/mol. The maximum absolute atomic E-state index is 12.4. The zero-order chi connectivity index (χ0) is 17.0. The van der Waals surface area contributed by atoms with Crippen LogP contribution < -0.4 is 10.1 Å². The van der Waals surface area contributed by atoms with Crippen molar-refractivity contribution >= 4 is 35.0 Å². The van der Waals surface area contributed by atoms with Gasteiger partial charge in [-0.05, 0) is 62.2 Å². The highest BCUT2D eigenvalue weighted by Crippen LogP contribution is 2.30. The van der Waals surface area contributed by atoms with Crippen molar-refractivity contribution in [3.63, 3.8) is 0 Å². The number of halogens is 1. The van der Waals surface area contributed by atoms with E-state index in [0.29, 0.717) is 16.5 Å². The summed E-state index contributed by atoms with van der Waals surface area (Å²) in [5, 5.41) is 3.20. The number of nitrogens with one attached hydrogen (secondary N) is 1. The van der Waals surface area contributed by atoms with Gasteiger partial charge in [-0.2, -0.15) is 0 Å². The van der Waals surface area contributed by atoms with Crippen LogP contribution in [-0.2, 0) is 4.79 Å². The van der Waals surface area contributed by atoms with Gasteiger partial charge in [0.05, 0.1) is 18.0 Å². The largest absolute Gasteiger partial charge is 0.495 e. The van der Waals surface area contributed by atoms with Crippen LogP contribution in [0.1, 0.15) is 18.1 Å². The van der Waals surface area contributed by atoms with Gasteiger partial charge < -0.3 is 10.1 Å². The molecule has 0 radical (unpaired) electrons. The Bertz CT molecular complexity index is 718. The lowest BCUT2D eigenvalue weighted by atomic mass is 10.1. The summed E-state index contributed by atoms with van der Waals surface area (Å²) < 4.78 is 5.25. The molecule has 3 nitrogen and oxygen atoms in total. The third-order valence-corrected chi connectivity index (χ3v) is 4.91. The number of carbonyl (C=O) groups is 1. The van der Waals surface area contributed by atoms with Gasteiger partial charge in [-0.25, -0.2) is 0 Å². The fourth-order valence-corrected chi connectivity index (χ4v) is 3.19. The summed E-state index contributed by atoms with van der Waals surface area (Å²) in [6.45, 7) is 6.03. The second-order valence-corrected chi connectivity index (χ2v) is 7.19. The van der Waals surface area contributed by atoms with E-state index in [-0.39, 0.29) is 11.2 Å². The molecule has 0 saturated heterocycles. The van der Waals surface area contributed by atoms with Crippen LogP contribution in [0, 0.1) is 13.8 Å². The lowest BCUT2D eigenvalue weighted by Gasteiger charge is -2.15.